The van der Waals surface area contributed by atoms with Crippen LogP contribution in [-0.4, -0.2) is 23.7 Å². The molecule has 2 N–H and O–H groups in total. The molecule has 17 heavy (non-hydrogen) atoms. The molecule has 7 heteroatoms. The Hall–Kier alpha value is -0.720. The van der Waals surface area contributed by atoms with E-state index in [1.54, 1.807) is 19.1 Å². The fraction of sp³-hybridized carbons (Fsp3) is 0.400. The summed E-state index contributed by atoms with van der Waals surface area (Å²) in [7, 11) is 0. The van der Waals surface area contributed by atoms with Crippen LogP contribution in [0.5, 0.6) is 0 Å². The summed E-state index contributed by atoms with van der Waals surface area (Å²) >= 11 is 3.20. The molecule has 1 heterocycles. The number of alkyl halides is 1. The molecule has 0 aliphatic carbocycles. The van der Waals surface area contributed by atoms with Gasteiger partial charge in [0.25, 0.3) is 0 Å². The van der Waals surface area contributed by atoms with Crippen LogP contribution in [0, 0.1) is 0 Å². The normalized spacial score (nSPS) is 13.4. The van der Waals surface area contributed by atoms with Crippen LogP contribution >= 0.6 is 28.3 Å². The van der Waals surface area contributed by atoms with E-state index >= 15 is 0 Å². The van der Waals surface area contributed by atoms with E-state index in [1.807, 2.05) is 0 Å². The maximum atomic E-state index is 13.5. The number of aromatic nitrogens is 1. The molecule has 0 aliphatic rings. The van der Waals surface area contributed by atoms with Crippen molar-refractivity contribution in [3.8, 4) is 0 Å². The molecule has 0 bridgehead atoms. The van der Waals surface area contributed by atoms with Crippen molar-refractivity contribution in [1.82, 2.24) is 4.98 Å². The van der Waals surface area contributed by atoms with Crippen LogP contribution in [0.1, 0.15) is 18.7 Å². The van der Waals surface area contributed by atoms with Crippen LogP contribution in [0.3, 0.4) is 0 Å². The van der Waals surface area contributed by atoms with Crippen molar-refractivity contribution in [2.45, 2.75) is 19.1 Å². The number of halogens is 3. The summed E-state index contributed by atoms with van der Waals surface area (Å²) in [6.45, 7) is 1.73. The van der Waals surface area contributed by atoms with Gasteiger partial charge in [-0.1, -0.05) is 0 Å². The molecule has 0 saturated carbocycles. The zero-order valence-corrected chi connectivity index (χ0v) is 11.5. The van der Waals surface area contributed by atoms with Crippen molar-refractivity contribution in [3.05, 3.63) is 28.5 Å². The van der Waals surface area contributed by atoms with Gasteiger partial charge >= 0.3 is 5.97 Å². The van der Waals surface area contributed by atoms with Gasteiger partial charge in [0.2, 0.25) is 6.17 Å². The van der Waals surface area contributed by atoms with Gasteiger partial charge in [0, 0.05) is 10.7 Å². The predicted molar refractivity (Wildman–Crippen MR) is 67.6 cm³/mol. The Bertz CT molecular complexity index is 364. The third-order valence-electron chi connectivity index (χ3n) is 1.92. The Kier molecular flexibility index (Phi) is 7.26. The number of hydrogen-bond donors (Lipinski definition) is 1. The van der Waals surface area contributed by atoms with Crippen molar-refractivity contribution in [1.29, 1.82) is 0 Å². The molecule has 0 spiro atoms. The third kappa shape index (κ3) is 4.57. The Morgan fingerprint density at radius 3 is 2.76 bits per heavy atom. The minimum absolute atomic E-state index is 0. The van der Waals surface area contributed by atoms with Crippen LogP contribution in [0.25, 0.3) is 0 Å². The molecule has 0 fully saturated rings. The minimum Gasteiger partial charge on any atom is -0.464 e. The fourth-order valence-electron chi connectivity index (χ4n) is 1.10. The van der Waals surface area contributed by atoms with Gasteiger partial charge in [-0.2, -0.15) is 0 Å². The lowest BCUT2D eigenvalue weighted by molar-refractivity contribution is -0.150. The highest BCUT2D eigenvalue weighted by atomic mass is 79.9. The maximum absolute atomic E-state index is 13.5. The lowest BCUT2D eigenvalue weighted by Crippen LogP contribution is -2.32. The summed E-state index contributed by atoms with van der Waals surface area (Å²) in [5.74, 6) is -0.959. The van der Waals surface area contributed by atoms with Crippen LogP contribution < -0.4 is 5.73 Å². The number of nitrogens with two attached hydrogens (primary N) is 1. The number of rotatable bonds is 4. The average molecular weight is 328 g/mol. The number of carbonyl (C=O) groups excluding carboxylic acids is 1. The van der Waals surface area contributed by atoms with Gasteiger partial charge in [-0.05, 0) is 35.0 Å². The fourth-order valence-corrected chi connectivity index (χ4v) is 1.34. The van der Waals surface area contributed by atoms with Gasteiger partial charge in [-0.25, -0.2) is 9.18 Å². The molecule has 4 nitrogen and oxygen atoms in total. The summed E-state index contributed by atoms with van der Waals surface area (Å²) < 4.78 is 18.8. The van der Waals surface area contributed by atoms with Crippen molar-refractivity contribution in [2.75, 3.05) is 6.61 Å². The van der Waals surface area contributed by atoms with Crippen molar-refractivity contribution < 1.29 is 13.9 Å². The predicted octanol–water partition coefficient (Wildman–Crippen LogP) is 2.17. The first-order valence-electron chi connectivity index (χ1n) is 4.74. The number of ether oxygens (including phenoxy) is 1. The molecule has 2 atom stereocenters. The molecule has 0 aliphatic heterocycles. The first kappa shape index (κ1) is 16.3. The molecule has 0 saturated heterocycles. The highest BCUT2D eigenvalue weighted by Crippen LogP contribution is 2.17. The molecule has 1 aromatic heterocycles. The third-order valence-corrected chi connectivity index (χ3v) is 2.39. The summed E-state index contributed by atoms with van der Waals surface area (Å²) in [5.41, 5.74) is 5.88. The average Bonchev–Trinajstić information content (AvgIpc) is 2.28. The number of pyridine rings is 1. The van der Waals surface area contributed by atoms with E-state index in [-0.39, 0.29) is 19.0 Å². The van der Waals surface area contributed by atoms with E-state index in [4.69, 9.17) is 5.73 Å². The van der Waals surface area contributed by atoms with E-state index in [0.717, 1.165) is 4.47 Å². The minimum atomic E-state index is -1.89. The lowest BCUT2D eigenvalue weighted by atomic mass is 10.1. The maximum Gasteiger partial charge on any atom is 0.342 e. The standard InChI is InChI=1S/C10H12BrFN2O2.ClH/c1-2-16-10(15)8(12)9(13)7-4-3-6(11)5-14-7;/h3-5,8-9H,2,13H2,1H3;1H/t8?,9-;/m1./s1. The van der Waals surface area contributed by atoms with Crippen LogP contribution in [0.15, 0.2) is 22.8 Å². The van der Waals surface area contributed by atoms with E-state index in [2.05, 4.69) is 25.7 Å². The van der Waals surface area contributed by atoms with Crippen molar-refractivity contribution in [3.63, 3.8) is 0 Å². The molecule has 1 rings (SSSR count). The number of esters is 1. The second kappa shape index (κ2) is 7.58. The molecule has 1 unspecified atom stereocenters. The number of hydrogen-bond acceptors (Lipinski definition) is 4. The van der Waals surface area contributed by atoms with Crippen LogP contribution in [-0.2, 0) is 9.53 Å². The van der Waals surface area contributed by atoms with Gasteiger partial charge in [0.05, 0.1) is 18.3 Å². The van der Waals surface area contributed by atoms with Crippen LogP contribution in [0.2, 0.25) is 0 Å². The van der Waals surface area contributed by atoms with E-state index in [9.17, 15) is 9.18 Å². The molecule has 96 valence electrons. The van der Waals surface area contributed by atoms with E-state index in [1.165, 1.54) is 6.20 Å². The first-order chi connectivity index (χ1) is 7.56. The summed E-state index contributed by atoms with van der Waals surface area (Å²) in [6.07, 6.45) is -0.402. The van der Waals surface area contributed by atoms with Crippen LogP contribution in [0.4, 0.5) is 4.39 Å². The number of carbonyl (C=O) groups is 1. The van der Waals surface area contributed by atoms with Gasteiger partial charge in [0.1, 0.15) is 0 Å². The highest BCUT2D eigenvalue weighted by Gasteiger charge is 2.28. The van der Waals surface area contributed by atoms with Gasteiger partial charge in [-0.3, -0.25) is 4.98 Å². The second-order valence-electron chi connectivity index (χ2n) is 3.08. The zero-order valence-electron chi connectivity index (χ0n) is 9.10. The van der Waals surface area contributed by atoms with E-state index < -0.39 is 18.2 Å². The van der Waals surface area contributed by atoms with Gasteiger partial charge in [-0.15, -0.1) is 12.4 Å². The first-order valence-corrected chi connectivity index (χ1v) is 5.53. The molecular weight excluding hydrogens is 314 g/mol. The monoisotopic (exact) mass is 326 g/mol. The number of nitrogens with zero attached hydrogens (tertiary/aromatic N) is 1. The Morgan fingerprint density at radius 2 is 2.29 bits per heavy atom. The molecule has 0 radical (unpaired) electrons. The smallest absolute Gasteiger partial charge is 0.342 e. The summed E-state index contributed by atoms with van der Waals surface area (Å²) in [6, 6.07) is 2.13. The molecule has 0 amide bonds. The van der Waals surface area contributed by atoms with Crippen molar-refractivity contribution >= 4 is 34.3 Å². The highest BCUT2D eigenvalue weighted by molar-refractivity contribution is 9.10. The molecule has 0 aromatic carbocycles. The Labute approximate surface area is 113 Å². The topological polar surface area (TPSA) is 65.2 Å². The van der Waals surface area contributed by atoms with Crippen molar-refractivity contribution in [2.24, 2.45) is 5.73 Å². The summed E-state index contributed by atoms with van der Waals surface area (Å²) in [4.78, 5) is 15.0. The lowest BCUT2D eigenvalue weighted by Gasteiger charge is -2.14. The molecule has 1 aromatic rings. The van der Waals surface area contributed by atoms with Gasteiger partial charge in [0.15, 0.2) is 0 Å². The van der Waals surface area contributed by atoms with E-state index in [0.29, 0.717) is 5.69 Å². The Balaban J connectivity index is 0.00000256. The SMILES string of the molecule is CCOC(=O)C(F)[C@H](N)c1ccc(Br)cn1.Cl. The summed E-state index contributed by atoms with van der Waals surface area (Å²) in [5, 5.41) is 0. The molecular formula is C10H13BrClFN2O2. The zero-order chi connectivity index (χ0) is 12.1. The largest absolute Gasteiger partial charge is 0.464 e. The quantitative estimate of drug-likeness (QED) is 0.861. The second-order valence-corrected chi connectivity index (χ2v) is 4.00. The van der Waals surface area contributed by atoms with Gasteiger partial charge < -0.3 is 10.5 Å². The Morgan fingerprint density at radius 1 is 1.65 bits per heavy atom.